The van der Waals surface area contributed by atoms with Gasteiger partial charge in [-0.2, -0.15) is 0 Å². The van der Waals surface area contributed by atoms with Crippen LogP contribution in [0.15, 0.2) is 63.6 Å². The monoisotopic (exact) mass is 431 g/mol. The lowest BCUT2D eigenvalue weighted by Crippen LogP contribution is -2.36. The second-order valence-electron chi connectivity index (χ2n) is 7.20. The van der Waals surface area contributed by atoms with Gasteiger partial charge in [0.15, 0.2) is 5.78 Å². The van der Waals surface area contributed by atoms with E-state index < -0.39 is 11.9 Å². The standard InChI is InChI=1S/C22H19Cl2NO4/c1-11-19(22(27)28-2)20(12-5-6-14(23)15(24)8-12)21-16(25-11)9-13(10-17(21)26)18-4-3-7-29-18/h3-8,13,20,25H,9-10H2,1-2H3/t13-,20-/m1/s1. The highest BCUT2D eigenvalue weighted by Gasteiger charge is 2.41. The third-order valence-corrected chi connectivity index (χ3v) is 6.19. The first-order chi connectivity index (χ1) is 13.9. The van der Waals surface area contributed by atoms with Crippen molar-refractivity contribution in [2.45, 2.75) is 31.6 Å². The number of methoxy groups -OCH3 is 1. The zero-order chi connectivity index (χ0) is 20.7. The van der Waals surface area contributed by atoms with E-state index in [0.717, 1.165) is 17.0 Å². The van der Waals surface area contributed by atoms with Crippen molar-refractivity contribution in [1.82, 2.24) is 5.32 Å². The van der Waals surface area contributed by atoms with Crippen molar-refractivity contribution in [3.8, 4) is 0 Å². The van der Waals surface area contributed by atoms with E-state index in [1.807, 2.05) is 19.1 Å². The molecule has 1 aromatic heterocycles. The van der Waals surface area contributed by atoms with E-state index in [2.05, 4.69) is 5.32 Å². The topological polar surface area (TPSA) is 68.5 Å². The summed E-state index contributed by atoms with van der Waals surface area (Å²) in [6.07, 6.45) is 2.52. The molecule has 0 radical (unpaired) electrons. The van der Waals surface area contributed by atoms with Crippen LogP contribution in [0, 0.1) is 0 Å². The van der Waals surface area contributed by atoms with Gasteiger partial charge >= 0.3 is 5.97 Å². The average molecular weight is 432 g/mol. The Morgan fingerprint density at radius 3 is 2.66 bits per heavy atom. The summed E-state index contributed by atoms with van der Waals surface area (Å²) >= 11 is 12.3. The van der Waals surface area contributed by atoms with Crippen LogP contribution in [0.5, 0.6) is 0 Å². The Morgan fingerprint density at radius 1 is 1.21 bits per heavy atom. The molecule has 2 atom stereocenters. The Morgan fingerprint density at radius 2 is 2.00 bits per heavy atom. The third kappa shape index (κ3) is 3.49. The molecule has 0 fully saturated rings. The molecule has 2 aromatic rings. The predicted octanol–water partition coefficient (Wildman–Crippen LogP) is 5.12. The number of benzene rings is 1. The van der Waals surface area contributed by atoms with Gasteiger partial charge in [0, 0.05) is 35.2 Å². The predicted molar refractivity (Wildman–Crippen MR) is 110 cm³/mol. The molecule has 7 heteroatoms. The molecule has 1 aromatic carbocycles. The van der Waals surface area contributed by atoms with Gasteiger partial charge in [-0.1, -0.05) is 29.3 Å². The van der Waals surface area contributed by atoms with Crippen LogP contribution >= 0.6 is 23.2 Å². The van der Waals surface area contributed by atoms with Gasteiger partial charge in [-0.15, -0.1) is 0 Å². The van der Waals surface area contributed by atoms with Gasteiger partial charge in [-0.25, -0.2) is 4.79 Å². The zero-order valence-corrected chi connectivity index (χ0v) is 17.4. The minimum atomic E-state index is -0.571. The fraction of sp³-hybridized carbons (Fsp3) is 0.273. The molecule has 150 valence electrons. The second-order valence-corrected chi connectivity index (χ2v) is 8.01. The fourth-order valence-electron chi connectivity index (χ4n) is 4.17. The van der Waals surface area contributed by atoms with E-state index in [9.17, 15) is 9.59 Å². The van der Waals surface area contributed by atoms with Gasteiger partial charge in [0.05, 0.1) is 29.0 Å². The van der Waals surface area contributed by atoms with Crippen LogP contribution in [0.25, 0.3) is 0 Å². The van der Waals surface area contributed by atoms with Gasteiger partial charge in [-0.3, -0.25) is 4.79 Å². The average Bonchev–Trinajstić information content (AvgIpc) is 3.23. The van der Waals surface area contributed by atoms with Crippen molar-refractivity contribution in [1.29, 1.82) is 0 Å². The van der Waals surface area contributed by atoms with E-state index in [4.69, 9.17) is 32.4 Å². The Hall–Kier alpha value is -2.50. The van der Waals surface area contributed by atoms with Crippen LogP contribution in [-0.2, 0) is 14.3 Å². The summed E-state index contributed by atoms with van der Waals surface area (Å²) < 4.78 is 10.5. The molecule has 1 aliphatic carbocycles. The second kappa shape index (κ2) is 7.73. The molecule has 0 saturated carbocycles. The lowest BCUT2D eigenvalue weighted by Gasteiger charge is -2.36. The number of furan rings is 1. The quantitative estimate of drug-likeness (QED) is 0.682. The number of esters is 1. The summed E-state index contributed by atoms with van der Waals surface area (Å²) in [4.78, 5) is 25.9. The maximum atomic E-state index is 13.3. The van der Waals surface area contributed by atoms with Gasteiger partial charge in [0.25, 0.3) is 0 Å². The van der Waals surface area contributed by atoms with Gasteiger partial charge in [0.1, 0.15) is 5.76 Å². The lowest BCUT2D eigenvalue weighted by atomic mass is 9.72. The first kappa shape index (κ1) is 19.8. The number of carbonyl (C=O) groups excluding carboxylic acids is 2. The highest BCUT2D eigenvalue weighted by atomic mass is 35.5. The molecule has 2 heterocycles. The number of ketones is 1. The van der Waals surface area contributed by atoms with Crippen molar-refractivity contribution in [3.63, 3.8) is 0 Å². The first-order valence-corrected chi connectivity index (χ1v) is 9.97. The number of hydrogen-bond donors (Lipinski definition) is 1. The number of hydrogen-bond acceptors (Lipinski definition) is 5. The van der Waals surface area contributed by atoms with Gasteiger partial charge in [0.2, 0.25) is 0 Å². The molecule has 5 nitrogen and oxygen atoms in total. The van der Waals surface area contributed by atoms with Crippen LogP contribution in [0.3, 0.4) is 0 Å². The van der Waals surface area contributed by atoms with Gasteiger partial charge in [-0.05, 0) is 43.2 Å². The minimum absolute atomic E-state index is 0.0369. The van der Waals surface area contributed by atoms with Crippen LogP contribution in [0.2, 0.25) is 10.0 Å². The van der Waals surface area contributed by atoms with Crippen molar-refractivity contribution in [2.75, 3.05) is 7.11 Å². The molecular weight excluding hydrogens is 413 g/mol. The van der Waals surface area contributed by atoms with E-state index in [1.54, 1.807) is 24.5 Å². The van der Waals surface area contributed by atoms with Crippen LogP contribution < -0.4 is 5.32 Å². The SMILES string of the molecule is COC(=O)C1=C(C)NC2=C(C(=O)C[C@H](c3ccco3)C2)[C@@H]1c1ccc(Cl)c(Cl)c1. The normalized spacial score (nSPS) is 21.7. The highest BCUT2D eigenvalue weighted by molar-refractivity contribution is 6.42. The van der Waals surface area contributed by atoms with Crippen LogP contribution in [0.1, 0.15) is 42.9 Å². The van der Waals surface area contributed by atoms with Crippen molar-refractivity contribution in [2.24, 2.45) is 0 Å². The number of Topliss-reactive ketones (excluding diaryl/α,β-unsaturated/α-hetero) is 1. The lowest BCUT2D eigenvalue weighted by molar-refractivity contribution is -0.136. The summed E-state index contributed by atoms with van der Waals surface area (Å²) in [7, 11) is 1.33. The maximum Gasteiger partial charge on any atom is 0.336 e. The van der Waals surface area contributed by atoms with Crippen molar-refractivity contribution < 1.29 is 18.7 Å². The first-order valence-electron chi connectivity index (χ1n) is 9.21. The minimum Gasteiger partial charge on any atom is -0.469 e. The molecule has 0 saturated heterocycles. The number of dihydropyridines is 1. The summed E-state index contributed by atoms with van der Waals surface area (Å²) in [6, 6.07) is 8.86. The fourth-order valence-corrected chi connectivity index (χ4v) is 4.48. The molecule has 0 bridgehead atoms. The number of ether oxygens (including phenoxy) is 1. The van der Waals surface area contributed by atoms with E-state index in [1.165, 1.54) is 7.11 Å². The Balaban J connectivity index is 1.84. The number of nitrogens with one attached hydrogen (secondary N) is 1. The van der Waals surface area contributed by atoms with E-state index >= 15 is 0 Å². The summed E-state index contributed by atoms with van der Waals surface area (Å²) in [5, 5.41) is 4.04. The number of allylic oxidation sites excluding steroid dienone is 3. The maximum absolute atomic E-state index is 13.3. The molecule has 0 spiro atoms. The molecule has 0 unspecified atom stereocenters. The highest BCUT2D eigenvalue weighted by Crippen LogP contribution is 2.46. The summed E-state index contributed by atoms with van der Waals surface area (Å²) in [5.74, 6) is -0.369. The van der Waals surface area contributed by atoms with Crippen molar-refractivity contribution >= 4 is 35.0 Å². The van der Waals surface area contributed by atoms with E-state index in [0.29, 0.717) is 39.7 Å². The largest absolute Gasteiger partial charge is 0.469 e. The number of halogens is 2. The Labute approximate surface area is 178 Å². The Kier molecular flexibility index (Phi) is 5.28. The number of carbonyl (C=O) groups is 2. The van der Waals surface area contributed by atoms with Gasteiger partial charge < -0.3 is 14.5 Å². The molecule has 1 aliphatic heterocycles. The molecular formula is C22H19Cl2NO4. The molecule has 4 rings (SSSR count). The van der Waals surface area contributed by atoms with Crippen LogP contribution in [-0.4, -0.2) is 18.9 Å². The Bertz CT molecular complexity index is 1050. The molecule has 0 amide bonds. The summed E-state index contributed by atoms with van der Waals surface area (Å²) in [6.45, 7) is 1.81. The van der Waals surface area contributed by atoms with Crippen LogP contribution in [0.4, 0.5) is 0 Å². The zero-order valence-electron chi connectivity index (χ0n) is 15.9. The molecule has 1 N–H and O–H groups in total. The third-order valence-electron chi connectivity index (χ3n) is 5.46. The summed E-state index contributed by atoms with van der Waals surface area (Å²) in [5.41, 5.74) is 3.13. The smallest absolute Gasteiger partial charge is 0.336 e. The van der Waals surface area contributed by atoms with Crippen molar-refractivity contribution in [3.05, 3.63) is 80.5 Å². The molecule has 2 aliphatic rings. The molecule has 29 heavy (non-hydrogen) atoms. The number of rotatable bonds is 3. The van der Waals surface area contributed by atoms with E-state index in [-0.39, 0.29) is 11.7 Å².